The lowest BCUT2D eigenvalue weighted by Crippen LogP contribution is -2.23. The Morgan fingerprint density at radius 2 is 1.65 bits per heavy atom. The zero-order valence-electron chi connectivity index (χ0n) is 13.8. The third kappa shape index (κ3) is 3.00. The molecule has 0 saturated carbocycles. The van der Waals surface area contributed by atoms with Gasteiger partial charge in [-0.15, -0.1) is 4.73 Å². The third-order valence-electron chi connectivity index (χ3n) is 4.15. The summed E-state index contributed by atoms with van der Waals surface area (Å²) in [5.41, 5.74) is 2.77. The van der Waals surface area contributed by atoms with E-state index < -0.39 is 5.69 Å². The van der Waals surface area contributed by atoms with Crippen LogP contribution in [0, 0.1) is 0 Å². The van der Waals surface area contributed by atoms with Gasteiger partial charge in [-0.05, 0) is 28.8 Å². The lowest BCUT2D eigenvalue weighted by atomic mass is 10.0. The van der Waals surface area contributed by atoms with Crippen molar-refractivity contribution < 1.29 is 5.21 Å². The predicted molar refractivity (Wildman–Crippen MR) is 100 cm³/mol. The second-order valence-electron chi connectivity index (χ2n) is 5.85. The quantitative estimate of drug-likeness (QED) is 0.555. The fraction of sp³-hybridized carbons (Fsp3) is 0.0500. The second kappa shape index (κ2) is 6.68. The standard InChI is InChI=1S/C20H16N4O2/c25-20-23-18(17-7-4-12-21-19(17)24(20)26)22-13-14-8-10-16(11-9-14)15-5-2-1-3-6-15/h1-12,26H,13H2,(H,22,23,25). The van der Waals surface area contributed by atoms with Gasteiger partial charge in [0.1, 0.15) is 5.82 Å². The van der Waals surface area contributed by atoms with Gasteiger partial charge in [-0.3, -0.25) is 0 Å². The van der Waals surface area contributed by atoms with Gasteiger partial charge in [0.15, 0.2) is 5.65 Å². The van der Waals surface area contributed by atoms with Crippen LogP contribution in [0.5, 0.6) is 0 Å². The van der Waals surface area contributed by atoms with Gasteiger partial charge in [-0.25, -0.2) is 9.78 Å². The van der Waals surface area contributed by atoms with E-state index in [1.807, 2.05) is 30.3 Å². The van der Waals surface area contributed by atoms with Crippen LogP contribution in [0.25, 0.3) is 22.2 Å². The molecule has 0 aliphatic rings. The van der Waals surface area contributed by atoms with Crippen molar-refractivity contribution in [3.63, 3.8) is 0 Å². The lowest BCUT2D eigenvalue weighted by Gasteiger charge is -2.10. The summed E-state index contributed by atoms with van der Waals surface area (Å²) in [7, 11) is 0. The molecule has 6 heteroatoms. The highest BCUT2D eigenvalue weighted by Crippen LogP contribution is 2.21. The number of fused-ring (bicyclic) bond motifs is 1. The van der Waals surface area contributed by atoms with Crippen LogP contribution in [-0.4, -0.2) is 19.9 Å². The normalized spacial score (nSPS) is 10.8. The highest BCUT2D eigenvalue weighted by molar-refractivity contribution is 5.86. The molecular formula is C20H16N4O2. The molecule has 2 aromatic heterocycles. The molecule has 0 aliphatic heterocycles. The van der Waals surface area contributed by atoms with Crippen LogP contribution in [0.15, 0.2) is 77.7 Å². The molecule has 0 unspecified atom stereocenters. The smallest absolute Gasteiger partial charge is 0.384 e. The van der Waals surface area contributed by atoms with Crippen molar-refractivity contribution >= 4 is 16.9 Å². The molecule has 2 N–H and O–H groups in total. The molecule has 0 saturated heterocycles. The second-order valence-corrected chi connectivity index (χ2v) is 5.85. The molecule has 4 rings (SSSR count). The van der Waals surface area contributed by atoms with Crippen LogP contribution in [-0.2, 0) is 6.54 Å². The Labute approximate surface area is 149 Å². The van der Waals surface area contributed by atoms with E-state index in [2.05, 4.69) is 39.6 Å². The third-order valence-corrected chi connectivity index (χ3v) is 4.15. The number of hydrogen-bond acceptors (Lipinski definition) is 5. The number of pyridine rings is 1. The summed E-state index contributed by atoms with van der Waals surface area (Å²) in [5, 5.41) is 13.5. The monoisotopic (exact) mass is 344 g/mol. The number of hydrogen-bond donors (Lipinski definition) is 2. The summed E-state index contributed by atoms with van der Waals surface area (Å²) in [6.45, 7) is 0.501. The molecule has 0 spiro atoms. The molecule has 26 heavy (non-hydrogen) atoms. The van der Waals surface area contributed by atoms with Crippen molar-refractivity contribution in [3.8, 4) is 11.1 Å². The van der Waals surface area contributed by atoms with Gasteiger partial charge in [-0.2, -0.15) is 4.98 Å². The Hall–Kier alpha value is -3.67. The first-order valence-electron chi connectivity index (χ1n) is 8.17. The summed E-state index contributed by atoms with van der Waals surface area (Å²) in [6, 6.07) is 21.8. The van der Waals surface area contributed by atoms with Crippen molar-refractivity contribution in [2.45, 2.75) is 6.54 Å². The molecule has 2 heterocycles. The number of rotatable bonds is 4. The minimum absolute atomic E-state index is 0.175. The molecule has 4 aromatic rings. The molecule has 0 aliphatic carbocycles. The zero-order chi connectivity index (χ0) is 17.9. The Morgan fingerprint density at radius 1 is 0.923 bits per heavy atom. The van der Waals surface area contributed by atoms with Crippen molar-refractivity contribution in [2.75, 3.05) is 5.32 Å². The van der Waals surface area contributed by atoms with Crippen LogP contribution in [0.1, 0.15) is 5.56 Å². The number of aromatic nitrogens is 3. The summed E-state index contributed by atoms with van der Waals surface area (Å²) in [5.74, 6) is 0.399. The van der Waals surface area contributed by atoms with Crippen LogP contribution < -0.4 is 11.0 Å². The zero-order valence-corrected chi connectivity index (χ0v) is 13.8. The minimum atomic E-state index is -0.766. The highest BCUT2D eigenvalue weighted by Gasteiger charge is 2.10. The first-order valence-corrected chi connectivity index (χ1v) is 8.17. The van der Waals surface area contributed by atoms with E-state index in [0.717, 1.165) is 16.7 Å². The molecule has 6 nitrogen and oxygen atoms in total. The summed E-state index contributed by atoms with van der Waals surface area (Å²) < 4.78 is 0.454. The van der Waals surface area contributed by atoms with Crippen molar-refractivity contribution in [1.29, 1.82) is 0 Å². The largest absolute Gasteiger partial charge is 0.422 e. The fourth-order valence-corrected chi connectivity index (χ4v) is 2.81. The van der Waals surface area contributed by atoms with Crippen LogP contribution in [0.2, 0.25) is 0 Å². The Bertz CT molecular complexity index is 1110. The van der Waals surface area contributed by atoms with E-state index >= 15 is 0 Å². The number of nitrogens with one attached hydrogen (secondary N) is 1. The van der Waals surface area contributed by atoms with Gasteiger partial charge in [0.05, 0.1) is 5.39 Å². The van der Waals surface area contributed by atoms with Crippen molar-refractivity contribution in [3.05, 3.63) is 89.0 Å². The molecule has 0 bridgehead atoms. The highest BCUT2D eigenvalue weighted by atomic mass is 16.5. The Balaban J connectivity index is 1.57. The molecule has 2 aromatic carbocycles. The molecule has 0 fully saturated rings. The average molecular weight is 344 g/mol. The Kier molecular flexibility index (Phi) is 4.07. The maximum absolute atomic E-state index is 11.8. The van der Waals surface area contributed by atoms with E-state index in [1.165, 1.54) is 6.20 Å². The van der Waals surface area contributed by atoms with Crippen LogP contribution >= 0.6 is 0 Å². The minimum Gasteiger partial charge on any atom is -0.422 e. The van der Waals surface area contributed by atoms with Crippen LogP contribution in [0.4, 0.5) is 5.82 Å². The fourth-order valence-electron chi connectivity index (χ4n) is 2.81. The number of nitrogens with zero attached hydrogens (tertiary/aromatic N) is 3. The molecule has 0 radical (unpaired) electrons. The Morgan fingerprint density at radius 3 is 2.42 bits per heavy atom. The van der Waals surface area contributed by atoms with E-state index in [9.17, 15) is 10.0 Å². The predicted octanol–water partition coefficient (Wildman–Crippen LogP) is 3.31. The van der Waals surface area contributed by atoms with Gasteiger partial charge < -0.3 is 10.5 Å². The average Bonchev–Trinajstić information content (AvgIpc) is 2.71. The van der Waals surface area contributed by atoms with Gasteiger partial charge in [0.2, 0.25) is 0 Å². The van der Waals surface area contributed by atoms with E-state index in [-0.39, 0.29) is 5.65 Å². The number of anilines is 1. The molecule has 128 valence electrons. The van der Waals surface area contributed by atoms with E-state index in [1.54, 1.807) is 12.1 Å². The molecule has 0 amide bonds. The molecular weight excluding hydrogens is 328 g/mol. The van der Waals surface area contributed by atoms with Gasteiger partial charge in [0.25, 0.3) is 0 Å². The SMILES string of the molecule is O=c1nc(NCc2ccc(-c3ccccc3)cc2)c2cccnc2n1O. The van der Waals surface area contributed by atoms with Crippen molar-refractivity contribution in [2.24, 2.45) is 0 Å². The van der Waals surface area contributed by atoms with Gasteiger partial charge in [-0.1, -0.05) is 54.6 Å². The van der Waals surface area contributed by atoms with Crippen LogP contribution in [0.3, 0.4) is 0 Å². The summed E-state index contributed by atoms with van der Waals surface area (Å²) in [4.78, 5) is 19.7. The van der Waals surface area contributed by atoms with Gasteiger partial charge in [0, 0.05) is 12.7 Å². The topological polar surface area (TPSA) is 80.0 Å². The summed E-state index contributed by atoms with van der Waals surface area (Å²) >= 11 is 0. The summed E-state index contributed by atoms with van der Waals surface area (Å²) in [6.07, 6.45) is 1.51. The maximum Gasteiger partial charge on any atom is 0.384 e. The van der Waals surface area contributed by atoms with Crippen molar-refractivity contribution in [1.82, 2.24) is 14.7 Å². The lowest BCUT2D eigenvalue weighted by molar-refractivity contribution is 0.182. The first kappa shape index (κ1) is 15.8. The molecule has 0 atom stereocenters. The van der Waals surface area contributed by atoms with E-state index in [4.69, 9.17) is 0 Å². The van der Waals surface area contributed by atoms with E-state index in [0.29, 0.717) is 22.5 Å². The maximum atomic E-state index is 11.8. The first-order chi connectivity index (χ1) is 12.7. The number of benzene rings is 2. The van der Waals surface area contributed by atoms with Gasteiger partial charge >= 0.3 is 5.69 Å².